The standard InChI is InChI=1S/C11H10N2O3S/c14-10(15)7-17-11-12-9(13-16-11)6-8-4-2-1-3-5-8/h1-5H,6-7H2,(H,14,15). The SMILES string of the molecule is O=C(O)CSc1nc(Cc2ccccc2)no1. The third-order valence-electron chi connectivity index (χ3n) is 1.97. The Morgan fingerprint density at radius 1 is 1.35 bits per heavy atom. The zero-order valence-electron chi connectivity index (χ0n) is 8.87. The summed E-state index contributed by atoms with van der Waals surface area (Å²) >= 11 is 1.02. The first-order chi connectivity index (χ1) is 8.24. The van der Waals surface area contributed by atoms with Crippen molar-refractivity contribution in [1.29, 1.82) is 0 Å². The average Bonchev–Trinajstić information content (AvgIpc) is 2.75. The second-order valence-corrected chi connectivity index (χ2v) is 4.25. The number of hydrogen-bond acceptors (Lipinski definition) is 5. The van der Waals surface area contributed by atoms with Gasteiger partial charge >= 0.3 is 5.97 Å². The van der Waals surface area contributed by atoms with Crippen LogP contribution in [0.5, 0.6) is 0 Å². The number of aliphatic carboxylic acids is 1. The normalized spacial score (nSPS) is 10.4. The minimum Gasteiger partial charge on any atom is -0.481 e. The lowest BCUT2D eigenvalue weighted by atomic mass is 10.1. The number of carboxylic acid groups (broad SMARTS) is 1. The molecule has 0 bridgehead atoms. The maximum absolute atomic E-state index is 10.4. The van der Waals surface area contributed by atoms with Gasteiger partial charge in [0, 0.05) is 6.42 Å². The van der Waals surface area contributed by atoms with Gasteiger partial charge in [-0.3, -0.25) is 4.79 Å². The Morgan fingerprint density at radius 2 is 2.12 bits per heavy atom. The molecule has 1 heterocycles. The molecule has 2 aromatic rings. The fraction of sp³-hybridized carbons (Fsp3) is 0.182. The summed E-state index contributed by atoms with van der Waals surface area (Å²) in [5.74, 6) is -0.422. The molecular weight excluding hydrogens is 240 g/mol. The molecule has 0 atom stereocenters. The molecule has 0 aliphatic carbocycles. The highest BCUT2D eigenvalue weighted by Gasteiger charge is 2.09. The number of hydrogen-bond donors (Lipinski definition) is 1. The number of carboxylic acids is 1. The maximum Gasteiger partial charge on any atom is 0.314 e. The summed E-state index contributed by atoms with van der Waals surface area (Å²) < 4.78 is 4.93. The summed E-state index contributed by atoms with van der Waals surface area (Å²) in [5.41, 5.74) is 1.09. The van der Waals surface area contributed by atoms with Gasteiger partial charge in [0.25, 0.3) is 5.22 Å². The van der Waals surface area contributed by atoms with E-state index in [0.717, 1.165) is 17.3 Å². The van der Waals surface area contributed by atoms with Gasteiger partial charge in [-0.05, 0) is 5.56 Å². The molecule has 0 saturated carbocycles. The molecule has 0 unspecified atom stereocenters. The van der Waals surface area contributed by atoms with Crippen LogP contribution in [0, 0.1) is 0 Å². The minimum atomic E-state index is -0.905. The Morgan fingerprint density at radius 3 is 2.82 bits per heavy atom. The fourth-order valence-electron chi connectivity index (χ4n) is 1.27. The van der Waals surface area contributed by atoms with Crippen LogP contribution in [0.15, 0.2) is 40.1 Å². The lowest BCUT2D eigenvalue weighted by Crippen LogP contribution is -1.97. The Kier molecular flexibility index (Phi) is 3.77. The van der Waals surface area contributed by atoms with E-state index in [2.05, 4.69) is 10.1 Å². The van der Waals surface area contributed by atoms with Crippen molar-refractivity contribution in [2.45, 2.75) is 11.6 Å². The molecule has 5 nitrogen and oxygen atoms in total. The topological polar surface area (TPSA) is 76.2 Å². The second-order valence-electron chi connectivity index (χ2n) is 3.32. The van der Waals surface area contributed by atoms with E-state index in [1.807, 2.05) is 30.3 Å². The number of benzene rings is 1. The van der Waals surface area contributed by atoms with E-state index in [1.165, 1.54) is 0 Å². The summed E-state index contributed by atoms with van der Waals surface area (Å²) in [6.45, 7) is 0. The summed E-state index contributed by atoms with van der Waals surface area (Å²) in [5, 5.41) is 12.6. The fourth-order valence-corrected chi connectivity index (χ4v) is 1.78. The van der Waals surface area contributed by atoms with Gasteiger partial charge in [-0.25, -0.2) is 0 Å². The lowest BCUT2D eigenvalue weighted by molar-refractivity contribution is -0.133. The van der Waals surface area contributed by atoms with Crippen LogP contribution in [0.3, 0.4) is 0 Å². The van der Waals surface area contributed by atoms with Gasteiger partial charge in [-0.1, -0.05) is 47.3 Å². The molecule has 1 N–H and O–H groups in total. The quantitative estimate of drug-likeness (QED) is 0.816. The Hall–Kier alpha value is -1.82. The first kappa shape index (κ1) is 11.7. The van der Waals surface area contributed by atoms with Gasteiger partial charge in [0.2, 0.25) is 0 Å². The van der Waals surface area contributed by atoms with E-state index >= 15 is 0 Å². The van der Waals surface area contributed by atoms with Gasteiger partial charge in [0.15, 0.2) is 5.82 Å². The molecule has 0 spiro atoms. The Bertz CT molecular complexity index is 498. The van der Waals surface area contributed by atoms with E-state index < -0.39 is 5.97 Å². The predicted molar refractivity (Wildman–Crippen MR) is 61.9 cm³/mol. The molecule has 0 aliphatic rings. The van der Waals surface area contributed by atoms with Gasteiger partial charge in [0.1, 0.15) is 5.75 Å². The third-order valence-corrected chi connectivity index (χ3v) is 2.78. The van der Waals surface area contributed by atoms with Crippen molar-refractivity contribution in [3.8, 4) is 0 Å². The summed E-state index contributed by atoms with van der Waals surface area (Å²) in [6.07, 6.45) is 0.581. The number of thioether (sulfide) groups is 1. The summed E-state index contributed by atoms with van der Waals surface area (Å²) in [6, 6.07) is 9.76. The smallest absolute Gasteiger partial charge is 0.314 e. The first-order valence-electron chi connectivity index (χ1n) is 4.95. The van der Waals surface area contributed by atoms with Crippen molar-refractivity contribution >= 4 is 17.7 Å². The number of nitrogens with zero attached hydrogens (tertiary/aromatic N) is 2. The molecule has 17 heavy (non-hydrogen) atoms. The first-order valence-corrected chi connectivity index (χ1v) is 5.93. The summed E-state index contributed by atoms with van der Waals surface area (Å²) in [4.78, 5) is 14.5. The minimum absolute atomic E-state index is 0.0764. The van der Waals surface area contributed by atoms with Gasteiger partial charge in [0.05, 0.1) is 0 Å². The molecule has 0 radical (unpaired) electrons. The zero-order chi connectivity index (χ0) is 12.1. The van der Waals surface area contributed by atoms with Gasteiger partial charge in [-0.15, -0.1) is 0 Å². The lowest BCUT2D eigenvalue weighted by Gasteiger charge is -1.93. The molecule has 0 saturated heterocycles. The van der Waals surface area contributed by atoms with Crippen LogP contribution in [0.4, 0.5) is 0 Å². The second kappa shape index (κ2) is 5.49. The average molecular weight is 250 g/mol. The number of rotatable bonds is 5. The molecule has 1 aromatic carbocycles. The van der Waals surface area contributed by atoms with E-state index in [-0.39, 0.29) is 5.75 Å². The third kappa shape index (κ3) is 3.60. The van der Waals surface area contributed by atoms with Crippen molar-refractivity contribution in [2.75, 3.05) is 5.75 Å². The van der Waals surface area contributed by atoms with Crippen LogP contribution in [0.1, 0.15) is 11.4 Å². The highest BCUT2D eigenvalue weighted by molar-refractivity contribution is 7.99. The van der Waals surface area contributed by atoms with Gasteiger partial charge < -0.3 is 9.63 Å². The van der Waals surface area contributed by atoms with Crippen molar-refractivity contribution in [3.63, 3.8) is 0 Å². The predicted octanol–water partition coefficient (Wildman–Crippen LogP) is 1.84. The molecule has 6 heteroatoms. The zero-order valence-corrected chi connectivity index (χ0v) is 9.68. The van der Waals surface area contributed by atoms with Crippen LogP contribution < -0.4 is 0 Å². The highest BCUT2D eigenvalue weighted by atomic mass is 32.2. The molecule has 1 aromatic heterocycles. The van der Waals surface area contributed by atoms with Crippen LogP contribution in [0.2, 0.25) is 0 Å². The van der Waals surface area contributed by atoms with Crippen LogP contribution in [0.25, 0.3) is 0 Å². The summed E-state index contributed by atoms with van der Waals surface area (Å²) in [7, 11) is 0. The molecule has 0 aliphatic heterocycles. The van der Waals surface area contributed by atoms with Crippen molar-refractivity contribution < 1.29 is 14.4 Å². The number of carbonyl (C=O) groups is 1. The molecule has 2 rings (SSSR count). The number of aromatic nitrogens is 2. The van der Waals surface area contributed by atoms with Crippen LogP contribution in [-0.2, 0) is 11.2 Å². The maximum atomic E-state index is 10.4. The highest BCUT2D eigenvalue weighted by Crippen LogP contribution is 2.16. The molecule has 0 fully saturated rings. The van der Waals surface area contributed by atoms with Crippen LogP contribution in [-0.4, -0.2) is 27.0 Å². The van der Waals surface area contributed by atoms with Crippen molar-refractivity contribution in [2.24, 2.45) is 0 Å². The van der Waals surface area contributed by atoms with E-state index in [1.54, 1.807) is 0 Å². The van der Waals surface area contributed by atoms with E-state index in [0.29, 0.717) is 17.5 Å². The Labute approximate surface area is 102 Å². The monoisotopic (exact) mass is 250 g/mol. The van der Waals surface area contributed by atoms with E-state index in [4.69, 9.17) is 9.63 Å². The van der Waals surface area contributed by atoms with Crippen LogP contribution >= 0.6 is 11.8 Å². The van der Waals surface area contributed by atoms with E-state index in [9.17, 15) is 4.79 Å². The molecular formula is C11H10N2O3S. The van der Waals surface area contributed by atoms with Crippen molar-refractivity contribution in [3.05, 3.63) is 41.7 Å². The Balaban J connectivity index is 1.97. The van der Waals surface area contributed by atoms with Gasteiger partial charge in [-0.2, -0.15) is 4.98 Å². The van der Waals surface area contributed by atoms with Crippen molar-refractivity contribution in [1.82, 2.24) is 10.1 Å². The molecule has 0 amide bonds. The largest absolute Gasteiger partial charge is 0.481 e. The molecule has 88 valence electrons.